The van der Waals surface area contributed by atoms with Gasteiger partial charge in [0.25, 0.3) is 0 Å². The molecule has 2 aromatic rings. The minimum Gasteiger partial charge on any atom is -0.497 e. The van der Waals surface area contributed by atoms with Crippen LogP contribution < -0.4 is 9.64 Å². The SMILES string of the molecule is COc1cccc(N2CCN(Cc3cccc(F)c3)CC2)c1. The molecule has 1 aliphatic heterocycles. The molecule has 0 radical (unpaired) electrons. The van der Waals surface area contributed by atoms with Crippen LogP contribution in [0.2, 0.25) is 0 Å². The van der Waals surface area contributed by atoms with Crippen LogP contribution >= 0.6 is 0 Å². The van der Waals surface area contributed by atoms with E-state index in [1.54, 1.807) is 19.2 Å². The molecule has 1 aliphatic rings. The van der Waals surface area contributed by atoms with Crippen LogP contribution in [0.5, 0.6) is 5.75 Å². The van der Waals surface area contributed by atoms with E-state index in [1.807, 2.05) is 18.2 Å². The normalized spacial score (nSPS) is 15.8. The molecule has 116 valence electrons. The first-order valence-electron chi connectivity index (χ1n) is 7.60. The molecule has 4 heteroatoms. The van der Waals surface area contributed by atoms with E-state index in [0.717, 1.165) is 44.0 Å². The number of piperazine rings is 1. The highest BCUT2D eigenvalue weighted by atomic mass is 19.1. The van der Waals surface area contributed by atoms with Crippen molar-refractivity contribution in [2.24, 2.45) is 0 Å². The van der Waals surface area contributed by atoms with Crippen molar-refractivity contribution in [1.82, 2.24) is 4.90 Å². The van der Waals surface area contributed by atoms with Crippen molar-refractivity contribution in [1.29, 1.82) is 0 Å². The maximum atomic E-state index is 13.2. The van der Waals surface area contributed by atoms with E-state index in [-0.39, 0.29) is 5.82 Å². The molecule has 2 aromatic carbocycles. The fraction of sp³-hybridized carbons (Fsp3) is 0.333. The van der Waals surface area contributed by atoms with Crippen molar-refractivity contribution in [3.8, 4) is 5.75 Å². The Labute approximate surface area is 130 Å². The van der Waals surface area contributed by atoms with Gasteiger partial charge in [-0.05, 0) is 29.8 Å². The van der Waals surface area contributed by atoms with E-state index in [0.29, 0.717) is 0 Å². The van der Waals surface area contributed by atoms with Crippen LogP contribution in [0, 0.1) is 5.82 Å². The topological polar surface area (TPSA) is 15.7 Å². The van der Waals surface area contributed by atoms with Crippen LogP contribution in [0.1, 0.15) is 5.56 Å². The monoisotopic (exact) mass is 300 g/mol. The number of halogens is 1. The smallest absolute Gasteiger partial charge is 0.123 e. The van der Waals surface area contributed by atoms with E-state index in [2.05, 4.69) is 21.9 Å². The molecule has 0 aliphatic carbocycles. The Kier molecular flexibility index (Phi) is 4.59. The fourth-order valence-corrected chi connectivity index (χ4v) is 2.86. The Bertz CT molecular complexity index is 624. The number of hydrogen-bond acceptors (Lipinski definition) is 3. The molecule has 3 rings (SSSR count). The van der Waals surface area contributed by atoms with Crippen LogP contribution in [0.15, 0.2) is 48.5 Å². The third-order valence-corrected chi connectivity index (χ3v) is 4.09. The van der Waals surface area contributed by atoms with Gasteiger partial charge in [0, 0.05) is 44.5 Å². The lowest BCUT2D eigenvalue weighted by Gasteiger charge is -2.36. The van der Waals surface area contributed by atoms with Gasteiger partial charge in [0.2, 0.25) is 0 Å². The quantitative estimate of drug-likeness (QED) is 0.862. The summed E-state index contributed by atoms with van der Waals surface area (Å²) in [5, 5.41) is 0. The molecule has 0 saturated carbocycles. The summed E-state index contributed by atoms with van der Waals surface area (Å²) < 4.78 is 18.5. The Morgan fingerprint density at radius 2 is 1.77 bits per heavy atom. The zero-order valence-electron chi connectivity index (χ0n) is 12.8. The predicted molar refractivity (Wildman–Crippen MR) is 86.9 cm³/mol. The molecule has 3 nitrogen and oxygen atoms in total. The summed E-state index contributed by atoms with van der Waals surface area (Å²) in [4.78, 5) is 4.73. The van der Waals surface area contributed by atoms with Crippen molar-refractivity contribution in [2.75, 3.05) is 38.2 Å². The molecule has 0 bridgehead atoms. The van der Waals surface area contributed by atoms with Crippen LogP contribution in [0.25, 0.3) is 0 Å². The molecule has 0 spiro atoms. The summed E-state index contributed by atoms with van der Waals surface area (Å²) in [6.07, 6.45) is 0. The fourth-order valence-electron chi connectivity index (χ4n) is 2.86. The lowest BCUT2D eigenvalue weighted by atomic mass is 10.2. The van der Waals surface area contributed by atoms with Crippen molar-refractivity contribution in [2.45, 2.75) is 6.54 Å². The van der Waals surface area contributed by atoms with E-state index in [4.69, 9.17) is 4.74 Å². The third-order valence-electron chi connectivity index (χ3n) is 4.09. The first-order chi connectivity index (χ1) is 10.7. The summed E-state index contributed by atoms with van der Waals surface area (Å²) in [5.74, 6) is 0.729. The van der Waals surface area contributed by atoms with Gasteiger partial charge in [-0.15, -0.1) is 0 Å². The van der Waals surface area contributed by atoms with Gasteiger partial charge in [0.1, 0.15) is 11.6 Å². The van der Waals surface area contributed by atoms with Crippen LogP contribution in [-0.4, -0.2) is 38.2 Å². The van der Waals surface area contributed by atoms with Crippen molar-refractivity contribution in [3.63, 3.8) is 0 Å². The Morgan fingerprint density at radius 3 is 2.50 bits per heavy atom. The highest BCUT2D eigenvalue weighted by Gasteiger charge is 2.17. The first-order valence-corrected chi connectivity index (χ1v) is 7.60. The van der Waals surface area contributed by atoms with Gasteiger partial charge in [-0.2, -0.15) is 0 Å². The molecule has 1 heterocycles. The van der Waals surface area contributed by atoms with Gasteiger partial charge in [-0.25, -0.2) is 4.39 Å². The van der Waals surface area contributed by atoms with Gasteiger partial charge < -0.3 is 9.64 Å². The largest absolute Gasteiger partial charge is 0.497 e. The molecule has 0 unspecified atom stereocenters. The molecule has 1 saturated heterocycles. The average Bonchev–Trinajstić information content (AvgIpc) is 2.56. The molecular formula is C18H21FN2O. The maximum Gasteiger partial charge on any atom is 0.123 e. The lowest BCUT2D eigenvalue weighted by Crippen LogP contribution is -2.45. The van der Waals surface area contributed by atoms with Gasteiger partial charge in [-0.1, -0.05) is 18.2 Å². The first kappa shape index (κ1) is 14.9. The molecule has 0 aromatic heterocycles. The third kappa shape index (κ3) is 3.57. The van der Waals surface area contributed by atoms with Gasteiger partial charge in [-0.3, -0.25) is 4.90 Å². The number of ether oxygens (including phenoxy) is 1. The van der Waals surface area contributed by atoms with E-state index < -0.39 is 0 Å². The minimum absolute atomic E-state index is 0.160. The van der Waals surface area contributed by atoms with E-state index >= 15 is 0 Å². The van der Waals surface area contributed by atoms with E-state index in [9.17, 15) is 4.39 Å². The second kappa shape index (κ2) is 6.79. The number of benzene rings is 2. The number of anilines is 1. The molecule has 22 heavy (non-hydrogen) atoms. The van der Waals surface area contributed by atoms with Crippen LogP contribution in [0.3, 0.4) is 0 Å². The summed E-state index contributed by atoms with van der Waals surface area (Å²) in [7, 11) is 1.69. The summed E-state index contributed by atoms with van der Waals surface area (Å²) in [6.45, 7) is 4.72. The van der Waals surface area contributed by atoms with Gasteiger partial charge in [0.15, 0.2) is 0 Å². The molecule has 1 fully saturated rings. The zero-order valence-corrected chi connectivity index (χ0v) is 12.8. The molecule has 0 atom stereocenters. The van der Waals surface area contributed by atoms with Crippen LogP contribution in [0.4, 0.5) is 10.1 Å². The minimum atomic E-state index is -0.160. The summed E-state index contributed by atoms with van der Waals surface area (Å²) in [5.41, 5.74) is 2.24. The van der Waals surface area contributed by atoms with Crippen molar-refractivity contribution in [3.05, 3.63) is 59.9 Å². The van der Waals surface area contributed by atoms with Crippen LogP contribution in [-0.2, 0) is 6.54 Å². The predicted octanol–water partition coefficient (Wildman–Crippen LogP) is 3.16. The van der Waals surface area contributed by atoms with E-state index in [1.165, 1.54) is 11.8 Å². The highest BCUT2D eigenvalue weighted by molar-refractivity contribution is 5.51. The average molecular weight is 300 g/mol. The standard InChI is InChI=1S/C18H21FN2O/c1-22-18-7-3-6-17(13-18)21-10-8-20(9-11-21)14-15-4-2-5-16(19)12-15/h2-7,12-13H,8-11,14H2,1H3. The highest BCUT2D eigenvalue weighted by Crippen LogP contribution is 2.22. The molecule has 0 amide bonds. The lowest BCUT2D eigenvalue weighted by molar-refractivity contribution is 0.249. The second-order valence-corrected chi connectivity index (χ2v) is 5.59. The summed E-state index contributed by atoms with van der Waals surface area (Å²) >= 11 is 0. The van der Waals surface area contributed by atoms with Crippen molar-refractivity contribution < 1.29 is 9.13 Å². The number of methoxy groups -OCH3 is 1. The molecular weight excluding hydrogens is 279 g/mol. The number of nitrogens with zero attached hydrogens (tertiary/aromatic N) is 2. The number of hydrogen-bond donors (Lipinski definition) is 0. The van der Waals surface area contributed by atoms with Crippen molar-refractivity contribution >= 4 is 5.69 Å². The second-order valence-electron chi connectivity index (χ2n) is 5.59. The molecule has 0 N–H and O–H groups in total. The van der Waals surface area contributed by atoms with Gasteiger partial charge >= 0.3 is 0 Å². The Morgan fingerprint density at radius 1 is 1.00 bits per heavy atom. The van der Waals surface area contributed by atoms with Gasteiger partial charge in [0.05, 0.1) is 7.11 Å². The maximum absolute atomic E-state index is 13.2. The summed E-state index contributed by atoms with van der Waals surface area (Å²) in [6, 6.07) is 15.0. The Balaban J connectivity index is 1.58. The zero-order chi connectivity index (χ0) is 15.4. The Hall–Kier alpha value is -2.07. The number of rotatable bonds is 4.